The first-order valence-electron chi connectivity index (χ1n) is 6.18. The second-order valence-electron chi connectivity index (χ2n) is 4.34. The molecule has 0 aromatic heterocycles. The van der Waals surface area contributed by atoms with Crippen molar-refractivity contribution in [3.8, 4) is 17.2 Å². The highest BCUT2D eigenvalue weighted by Crippen LogP contribution is 2.31. The number of hydrogen-bond donors (Lipinski definition) is 1. The summed E-state index contributed by atoms with van der Waals surface area (Å²) < 4.78 is 16.7. The summed E-state index contributed by atoms with van der Waals surface area (Å²) in [5, 5.41) is 0. The van der Waals surface area contributed by atoms with Crippen molar-refractivity contribution in [3.63, 3.8) is 0 Å². The summed E-state index contributed by atoms with van der Waals surface area (Å²) in [6.07, 6.45) is 0. The highest BCUT2D eigenvalue weighted by Gasteiger charge is 2.11. The van der Waals surface area contributed by atoms with Crippen LogP contribution in [0.5, 0.6) is 17.2 Å². The summed E-state index contributed by atoms with van der Waals surface area (Å²) in [6.45, 7) is 1.67. The standard InChI is InChI=1S/C15H15NO3/c16-12-2-1-3-13(9-12)19-10-11-4-5-14-15(8-11)18-7-6-17-14/h1-5,8-9H,6-7,10,16H2. The van der Waals surface area contributed by atoms with Crippen LogP contribution in [0.15, 0.2) is 42.5 Å². The van der Waals surface area contributed by atoms with E-state index in [1.54, 1.807) is 6.07 Å². The van der Waals surface area contributed by atoms with Gasteiger partial charge in [0.2, 0.25) is 0 Å². The number of hydrogen-bond acceptors (Lipinski definition) is 4. The van der Waals surface area contributed by atoms with Crippen molar-refractivity contribution in [1.29, 1.82) is 0 Å². The average Bonchev–Trinajstić information content (AvgIpc) is 2.45. The molecule has 98 valence electrons. The number of nitrogens with two attached hydrogens (primary N) is 1. The molecule has 1 aliphatic rings. The predicted molar refractivity (Wildman–Crippen MR) is 72.6 cm³/mol. The third-order valence-electron chi connectivity index (χ3n) is 2.87. The SMILES string of the molecule is Nc1cccc(OCc2ccc3c(c2)OCCO3)c1. The van der Waals surface area contributed by atoms with Gasteiger partial charge in [-0.25, -0.2) is 0 Å². The van der Waals surface area contributed by atoms with Crippen molar-refractivity contribution < 1.29 is 14.2 Å². The number of anilines is 1. The maximum absolute atomic E-state index is 5.70. The fourth-order valence-electron chi connectivity index (χ4n) is 1.95. The van der Waals surface area contributed by atoms with Gasteiger partial charge in [-0.1, -0.05) is 12.1 Å². The first kappa shape index (κ1) is 11.7. The van der Waals surface area contributed by atoms with E-state index in [4.69, 9.17) is 19.9 Å². The summed E-state index contributed by atoms with van der Waals surface area (Å²) in [5.41, 5.74) is 7.43. The van der Waals surface area contributed by atoms with Crippen LogP contribution in [0.2, 0.25) is 0 Å². The van der Waals surface area contributed by atoms with Crippen LogP contribution < -0.4 is 19.9 Å². The molecular weight excluding hydrogens is 242 g/mol. The topological polar surface area (TPSA) is 53.7 Å². The predicted octanol–water partition coefficient (Wildman–Crippen LogP) is 2.62. The van der Waals surface area contributed by atoms with Crippen LogP contribution in [0.4, 0.5) is 5.69 Å². The lowest BCUT2D eigenvalue weighted by atomic mass is 10.2. The van der Waals surface area contributed by atoms with Crippen molar-refractivity contribution in [1.82, 2.24) is 0 Å². The fraction of sp³-hybridized carbons (Fsp3) is 0.200. The minimum Gasteiger partial charge on any atom is -0.489 e. The molecule has 4 heteroatoms. The van der Waals surface area contributed by atoms with E-state index in [1.807, 2.05) is 36.4 Å². The van der Waals surface area contributed by atoms with Crippen LogP contribution in [0.3, 0.4) is 0 Å². The Kier molecular flexibility index (Phi) is 3.14. The van der Waals surface area contributed by atoms with Crippen molar-refractivity contribution in [2.24, 2.45) is 0 Å². The summed E-state index contributed by atoms with van der Waals surface area (Å²) in [6, 6.07) is 13.2. The Morgan fingerprint density at radius 3 is 2.68 bits per heavy atom. The second-order valence-corrected chi connectivity index (χ2v) is 4.34. The Balaban J connectivity index is 1.70. The first-order valence-corrected chi connectivity index (χ1v) is 6.18. The fourth-order valence-corrected chi connectivity index (χ4v) is 1.95. The van der Waals surface area contributed by atoms with Gasteiger partial charge < -0.3 is 19.9 Å². The minimum absolute atomic E-state index is 0.472. The van der Waals surface area contributed by atoms with Gasteiger partial charge in [-0.15, -0.1) is 0 Å². The van der Waals surface area contributed by atoms with Crippen LogP contribution in [-0.4, -0.2) is 13.2 Å². The van der Waals surface area contributed by atoms with E-state index in [-0.39, 0.29) is 0 Å². The summed E-state index contributed by atoms with van der Waals surface area (Å²) in [4.78, 5) is 0. The lowest BCUT2D eigenvalue weighted by Gasteiger charge is -2.19. The number of rotatable bonds is 3. The van der Waals surface area contributed by atoms with Crippen molar-refractivity contribution >= 4 is 5.69 Å². The third-order valence-corrected chi connectivity index (χ3v) is 2.87. The first-order chi connectivity index (χ1) is 9.31. The van der Waals surface area contributed by atoms with Gasteiger partial charge in [0.1, 0.15) is 25.6 Å². The molecule has 2 aromatic rings. The number of benzene rings is 2. The molecular formula is C15H15NO3. The highest BCUT2D eigenvalue weighted by molar-refractivity contribution is 5.45. The molecule has 0 fully saturated rings. The van der Waals surface area contributed by atoms with Gasteiger partial charge in [0, 0.05) is 11.8 Å². The second kappa shape index (κ2) is 5.10. The quantitative estimate of drug-likeness (QED) is 0.859. The van der Waals surface area contributed by atoms with Gasteiger partial charge in [-0.3, -0.25) is 0 Å². The van der Waals surface area contributed by atoms with E-state index in [1.165, 1.54) is 0 Å². The molecule has 2 aromatic carbocycles. The monoisotopic (exact) mass is 257 g/mol. The molecule has 0 bridgehead atoms. The third kappa shape index (κ3) is 2.73. The molecule has 2 N–H and O–H groups in total. The van der Waals surface area contributed by atoms with Crippen molar-refractivity contribution in [2.45, 2.75) is 6.61 Å². The van der Waals surface area contributed by atoms with Crippen molar-refractivity contribution in [3.05, 3.63) is 48.0 Å². The van der Waals surface area contributed by atoms with Gasteiger partial charge in [0.25, 0.3) is 0 Å². The Morgan fingerprint density at radius 1 is 1.00 bits per heavy atom. The van der Waals surface area contributed by atoms with E-state index in [0.29, 0.717) is 25.5 Å². The van der Waals surface area contributed by atoms with Crippen LogP contribution in [0.1, 0.15) is 5.56 Å². The molecule has 0 unspecified atom stereocenters. The molecule has 0 atom stereocenters. The summed E-state index contributed by atoms with van der Waals surface area (Å²) >= 11 is 0. The maximum Gasteiger partial charge on any atom is 0.161 e. The molecule has 19 heavy (non-hydrogen) atoms. The van der Waals surface area contributed by atoms with E-state index in [9.17, 15) is 0 Å². The molecule has 4 nitrogen and oxygen atoms in total. The van der Waals surface area contributed by atoms with Gasteiger partial charge in [0.05, 0.1) is 0 Å². The zero-order chi connectivity index (χ0) is 13.1. The molecule has 0 amide bonds. The molecule has 0 spiro atoms. The Bertz CT molecular complexity index is 583. The van der Waals surface area contributed by atoms with Gasteiger partial charge in [-0.05, 0) is 29.8 Å². The molecule has 1 aliphatic heterocycles. The number of fused-ring (bicyclic) bond motifs is 1. The van der Waals surface area contributed by atoms with Gasteiger partial charge >= 0.3 is 0 Å². The normalized spacial score (nSPS) is 13.1. The number of nitrogen functional groups attached to an aromatic ring is 1. The molecule has 0 radical (unpaired) electrons. The molecule has 3 rings (SSSR count). The largest absolute Gasteiger partial charge is 0.489 e. The smallest absolute Gasteiger partial charge is 0.161 e. The average molecular weight is 257 g/mol. The maximum atomic E-state index is 5.70. The Hall–Kier alpha value is -2.36. The molecule has 0 saturated carbocycles. The van der Waals surface area contributed by atoms with Crippen LogP contribution in [0.25, 0.3) is 0 Å². The lowest BCUT2D eigenvalue weighted by Crippen LogP contribution is -2.15. The van der Waals surface area contributed by atoms with Crippen molar-refractivity contribution in [2.75, 3.05) is 18.9 Å². The van der Waals surface area contributed by atoms with Gasteiger partial charge in [-0.2, -0.15) is 0 Å². The molecule has 0 saturated heterocycles. The molecule has 1 heterocycles. The van der Waals surface area contributed by atoms with E-state index in [0.717, 1.165) is 22.8 Å². The van der Waals surface area contributed by atoms with Crippen LogP contribution in [0, 0.1) is 0 Å². The number of ether oxygens (including phenoxy) is 3. The Labute approximate surface area is 111 Å². The van der Waals surface area contributed by atoms with E-state index < -0.39 is 0 Å². The lowest BCUT2D eigenvalue weighted by molar-refractivity contribution is 0.171. The summed E-state index contributed by atoms with van der Waals surface area (Å²) in [5.74, 6) is 2.33. The zero-order valence-electron chi connectivity index (χ0n) is 10.5. The van der Waals surface area contributed by atoms with Crippen LogP contribution >= 0.6 is 0 Å². The highest BCUT2D eigenvalue weighted by atomic mass is 16.6. The zero-order valence-corrected chi connectivity index (χ0v) is 10.5. The van der Waals surface area contributed by atoms with E-state index in [2.05, 4.69) is 0 Å². The Morgan fingerprint density at radius 2 is 1.84 bits per heavy atom. The summed E-state index contributed by atoms with van der Waals surface area (Å²) in [7, 11) is 0. The minimum atomic E-state index is 0.472. The van der Waals surface area contributed by atoms with Crippen LogP contribution in [-0.2, 0) is 6.61 Å². The van der Waals surface area contributed by atoms with E-state index >= 15 is 0 Å². The molecule has 0 aliphatic carbocycles. The van der Waals surface area contributed by atoms with Gasteiger partial charge in [0.15, 0.2) is 11.5 Å².